The van der Waals surface area contributed by atoms with E-state index in [2.05, 4.69) is 10.4 Å². The molecule has 1 heterocycles. The normalized spacial score (nSPS) is 10.5. The molecule has 0 aliphatic heterocycles. The summed E-state index contributed by atoms with van der Waals surface area (Å²) < 4.78 is 6.86. The molecule has 0 bridgehead atoms. The van der Waals surface area contributed by atoms with E-state index >= 15 is 0 Å². The quantitative estimate of drug-likeness (QED) is 0.777. The van der Waals surface area contributed by atoms with E-state index in [1.54, 1.807) is 30.1 Å². The first-order valence-corrected chi connectivity index (χ1v) is 7.73. The van der Waals surface area contributed by atoms with E-state index in [0.717, 1.165) is 17.1 Å². The smallest absolute Gasteiger partial charge is 0.259 e. The Morgan fingerprint density at radius 2 is 1.88 bits per heavy atom. The molecule has 0 atom stereocenters. The predicted molar refractivity (Wildman–Crippen MR) is 94.3 cm³/mol. The number of methoxy groups -OCH3 is 1. The average Bonchev–Trinajstić information content (AvgIpc) is 2.98. The minimum atomic E-state index is -0.250. The van der Waals surface area contributed by atoms with Gasteiger partial charge in [-0.1, -0.05) is 23.7 Å². The Morgan fingerprint density at radius 3 is 2.54 bits per heavy atom. The summed E-state index contributed by atoms with van der Waals surface area (Å²) in [5.74, 6) is 0.514. The number of amides is 1. The molecule has 3 aromatic rings. The van der Waals surface area contributed by atoms with Gasteiger partial charge >= 0.3 is 0 Å². The SMILES string of the molecule is COc1ccc(-n2ncc(C(=O)Nc3ccccc3Cl)c2C)cc1. The molecular formula is C18H16ClN3O2. The molecule has 0 saturated carbocycles. The molecule has 1 amide bonds. The van der Waals surface area contributed by atoms with Gasteiger partial charge in [0.25, 0.3) is 5.91 Å². The number of nitrogens with zero attached hydrogens (tertiary/aromatic N) is 2. The van der Waals surface area contributed by atoms with Crippen molar-refractivity contribution in [1.82, 2.24) is 9.78 Å². The molecule has 5 nitrogen and oxygen atoms in total. The number of carbonyl (C=O) groups is 1. The van der Waals surface area contributed by atoms with E-state index in [9.17, 15) is 4.79 Å². The fraction of sp³-hybridized carbons (Fsp3) is 0.111. The molecule has 6 heteroatoms. The lowest BCUT2D eigenvalue weighted by Crippen LogP contribution is -2.13. The fourth-order valence-corrected chi connectivity index (χ4v) is 2.55. The van der Waals surface area contributed by atoms with Crippen molar-refractivity contribution in [3.05, 3.63) is 71.0 Å². The third-order valence-electron chi connectivity index (χ3n) is 3.69. The second-order valence-electron chi connectivity index (χ2n) is 5.19. The van der Waals surface area contributed by atoms with Gasteiger partial charge in [0.2, 0.25) is 0 Å². The lowest BCUT2D eigenvalue weighted by molar-refractivity contribution is 0.102. The number of ether oxygens (including phenoxy) is 1. The first kappa shape index (κ1) is 16.1. The summed E-state index contributed by atoms with van der Waals surface area (Å²) in [7, 11) is 1.62. The number of anilines is 1. The summed E-state index contributed by atoms with van der Waals surface area (Å²) in [6.07, 6.45) is 1.55. The largest absolute Gasteiger partial charge is 0.497 e. The van der Waals surface area contributed by atoms with Crippen LogP contribution in [0.1, 0.15) is 16.1 Å². The van der Waals surface area contributed by atoms with E-state index in [1.807, 2.05) is 43.3 Å². The Hall–Kier alpha value is -2.79. The number of hydrogen-bond donors (Lipinski definition) is 1. The molecular weight excluding hydrogens is 326 g/mol. The highest BCUT2D eigenvalue weighted by molar-refractivity contribution is 6.33. The van der Waals surface area contributed by atoms with Crippen molar-refractivity contribution in [2.75, 3.05) is 12.4 Å². The van der Waals surface area contributed by atoms with Crippen molar-refractivity contribution in [1.29, 1.82) is 0 Å². The minimum absolute atomic E-state index is 0.250. The Kier molecular flexibility index (Phi) is 4.53. The number of halogens is 1. The molecule has 0 spiro atoms. The van der Waals surface area contributed by atoms with Crippen molar-refractivity contribution in [2.45, 2.75) is 6.92 Å². The Morgan fingerprint density at radius 1 is 1.17 bits per heavy atom. The van der Waals surface area contributed by atoms with Crippen LogP contribution in [0.4, 0.5) is 5.69 Å². The van der Waals surface area contributed by atoms with Crippen LogP contribution in [-0.2, 0) is 0 Å². The van der Waals surface area contributed by atoms with E-state index in [0.29, 0.717) is 16.3 Å². The van der Waals surface area contributed by atoms with Crippen molar-refractivity contribution in [3.8, 4) is 11.4 Å². The maximum absolute atomic E-state index is 12.5. The lowest BCUT2D eigenvalue weighted by Gasteiger charge is -2.08. The monoisotopic (exact) mass is 341 g/mol. The van der Waals surface area contributed by atoms with Gasteiger partial charge in [-0.25, -0.2) is 4.68 Å². The van der Waals surface area contributed by atoms with Crippen LogP contribution in [-0.4, -0.2) is 22.8 Å². The van der Waals surface area contributed by atoms with Crippen molar-refractivity contribution >= 4 is 23.2 Å². The predicted octanol–water partition coefficient (Wildman–Crippen LogP) is 4.10. The van der Waals surface area contributed by atoms with Gasteiger partial charge in [-0.3, -0.25) is 4.79 Å². The van der Waals surface area contributed by atoms with E-state index < -0.39 is 0 Å². The fourth-order valence-electron chi connectivity index (χ4n) is 2.37. The van der Waals surface area contributed by atoms with Crippen LogP contribution >= 0.6 is 11.6 Å². The van der Waals surface area contributed by atoms with Crippen LogP contribution < -0.4 is 10.1 Å². The molecule has 3 rings (SSSR count). The highest BCUT2D eigenvalue weighted by Gasteiger charge is 2.16. The summed E-state index contributed by atoms with van der Waals surface area (Å²) in [6, 6.07) is 14.6. The topological polar surface area (TPSA) is 56.2 Å². The van der Waals surface area contributed by atoms with Crippen molar-refractivity contribution in [2.24, 2.45) is 0 Å². The first-order valence-electron chi connectivity index (χ1n) is 7.35. The van der Waals surface area contributed by atoms with E-state index in [-0.39, 0.29) is 5.91 Å². The number of nitrogens with one attached hydrogen (secondary N) is 1. The van der Waals surface area contributed by atoms with Gasteiger partial charge in [0.05, 0.1) is 41.0 Å². The zero-order chi connectivity index (χ0) is 17.1. The Bertz CT molecular complexity index is 872. The second kappa shape index (κ2) is 6.76. The highest BCUT2D eigenvalue weighted by Crippen LogP contribution is 2.22. The third-order valence-corrected chi connectivity index (χ3v) is 4.02. The molecule has 1 aromatic heterocycles. The molecule has 1 N–H and O–H groups in total. The number of carbonyl (C=O) groups excluding carboxylic acids is 1. The number of benzene rings is 2. The van der Waals surface area contributed by atoms with Gasteiger partial charge in [-0.15, -0.1) is 0 Å². The van der Waals surface area contributed by atoms with E-state index in [1.165, 1.54) is 0 Å². The van der Waals surface area contributed by atoms with Gasteiger partial charge in [-0.05, 0) is 43.3 Å². The van der Waals surface area contributed by atoms with Gasteiger partial charge in [0.1, 0.15) is 5.75 Å². The Labute approximate surface area is 144 Å². The van der Waals surface area contributed by atoms with Crippen LogP contribution in [0.2, 0.25) is 5.02 Å². The standard InChI is InChI=1S/C18H16ClN3O2/c1-12-15(18(23)21-17-6-4-3-5-16(17)19)11-20-22(12)13-7-9-14(24-2)10-8-13/h3-11H,1-2H3,(H,21,23). The molecule has 24 heavy (non-hydrogen) atoms. The van der Waals surface area contributed by atoms with Gasteiger partial charge < -0.3 is 10.1 Å². The van der Waals surface area contributed by atoms with Crippen LogP contribution in [0, 0.1) is 6.92 Å². The Balaban J connectivity index is 1.86. The summed E-state index contributed by atoms with van der Waals surface area (Å²) in [5.41, 5.74) is 2.65. The molecule has 0 unspecified atom stereocenters. The zero-order valence-corrected chi connectivity index (χ0v) is 14.0. The molecule has 122 valence electrons. The molecule has 0 saturated heterocycles. The summed E-state index contributed by atoms with van der Waals surface area (Å²) in [5, 5.41) is 7.61. The lowest BCUT2D eigenvalue weighted by atomic mass is 10.2. The highest BCUT2D eigenvalue weighted by atomic mass is 35.5. The van der Waals surface area contributed by atoms with Gasteiger partial charge in [-0.2, -0.15) is 5.10 Å². The minimum Gasteiger partial charge on any atom is -0.497 e. The second-order valence-corrected chi connectivity index (χ2v) is 5.59. The van der Waals surface area contributed by atoms with Crippen LogP contribution in [0.15, 0.2) is 54.7 Å². The maximum atomic E-state index is 12.5. The number of hydrogen-bond acceptors (Lipinski definition) is 3. The molecule has 2 aromatic carbocycles. The molecule has 0 aliphatic carbocycles. The molecule has 0 radical (unpaired) electrons. The average molecular weight is 342 g/mol. The maximum Gasteiger partial charge on any atom is 0.259 e. The third kappa shape index (κ3) is 3.12. The van der Waals surface area contributed by atoms with Crippen molar-refractivity contribution < 1.29 is 9.53 Å². The number of rotatable bonds is 4. The molecule has 0 fully saturated rings. The molecule has 0 aliphatic rings. The number of aromatic nitrogens is 2. The van der Waals surface area contributed by atoms with Crippen molar-refractivity contribution in [3.63, 3.8) is 0 Å². The van der Waals surface area contributed by atoms with Crippen LogP contribution in [0.5, 0.6) is 5.75 Å². The zero-order valence-electron chi connectivity index (χ0n) is 13.3. The van der Waals surface area contributed by atoms with E-state index in [4.69, 9.17) is 16.3 Å². The van der Waals surface area contributed by atoms with Gasteiger partial charge in [0, 0.05) is 0 Å². The summed E-state index contributed by atoms with van der Waals surface area (Å²) >= 11 is 6.08. The summed E-state index contributed by atoms with van der Waals surface area (Å²) in [4.78, 5) is 12.5. The van der Waals surface area contributed by atoms with Crippen LogP contribution in [0.3, 0.4) is 0 Å². The first-order chi connectivity index (χ1) is 11.6. The number of para-hydroxylation sites is 1. The van der Waals surface area contributed by atoms with Crippen LogP contribution in [0.25, 0.3) is 5.69 Å². The summed E-state index contributed by atoms with van der Waals surface area (Å²) in [6.45, 7) is 1.85. The van der Waals surface area contributed by atoms with Gasteiger partial charge in [0.15, 0.2) is 0 Å².